The summed E-state index contributed by atoms with van der Waals surface area (Å²) < 4.78 is 6.60. The van der Waals surface area contributed by atoms with Gasteiger partial charge < -0.3 is 4.42 Å². The minimum absolute atomic E-state index is 0.550. The number of rotatable bonds is 1. The topological polar surface area (TPSA) is 38.9 Å². The summed E-state index contributed by atoms with van der Waals surface area (Å²) >= 11 is 3.40. The summed E-state index contributed by atoms with van der Waals surface area (Å²) in [4.78, 5) is 8.58. The number of hydrogen-bond acceptors (Lipinski definition) is 3. The summed E-state index contributed by atoms with van der Waals surface area (Å²) in [6.45, 7) is 0. The van der Waals surface area contributed by atoms with Crippen molar-refractivity contribution in [3.05, 3.63) is 47.1 Å². The van der Waals surface area contributed by atoms with Crippen LogP contribution in [0.3, 0.4) is 0 Å². The quantitative estimate of drug-likeness (QED) is 0.680. The van der Waals surface area contributed by atoms with Gasteiger partial charge in [0, 0.05) is 10.7 Å². The van der Waals surface area contributed by atoms with Gasteiger partial charge in [-0.1, -0.05) is 22.0 Å². The van der Waals surface area contributed by atoms with E-state index in [1.165, 1.54) is 0 Å². The highest BCUT2D eigenvalue weighted by Crippen LogP contribution is 2.24. The number of halogens is 1. The van der Waals surface area contributed by atoms with Gasteiger partial charge in [0.05, 0.1) is 0 Å². The lowest BCUT2D eigenvalue weighted by molar-refractivity contribution is 0.617. The molecule has 0 saturated carbocycles. The van der Waals surface area contributed by atoms with E-state index in [4.69, 9.17) is 4.42 Å². The van der Waals surface area contributed by atoms with E-state index >= 15 is 0 Å². The maximum Gasteiger partial charge on any atom is 0.246 e. The lowest BCUT2D eigenvalue weighted by Crippen LogP contribution is -1.80. The molecule has 0 aliphatic heterocycles. The molecule has 0 radical (unpaired) electrons. The van der Waals surface area contributed by atoms with Gasteiger partial charge in [-0.2, -0.15) is 0 Å². The maximum atomic E-state index is 5.61. The lowest BCUT2D eigenvalue weighted by atomic mass is 10.3. The Morgan fingerprint density at radius 3 is 2.88 bits per heavy atom. The molecule has 78 valence electrons. The van der Waals surface area contributed by atoms with Crippen molar-refractivity contribution in [3.63, 3.8) is 0 Å². The average molecular weight is 275 g/mol. The van der Waals surface area contributed by atoms with Crippen molar-refractivity contribution >= 4 is 27.0 Å². The summed E-state index contributed by atoms with van der Waals surface area (Å²) in [6, 6.07) is 11.4. The molecule has 1 aromatic carbocycles. The molecular formula is C12H7BrN2O. The predicted molar refractivity (Wildman–Crippen MR) is 64.9 cm³/mol. The van der Waals surface area contributed by atoms with Gasteiger partial charge in [0.1, 0.15) is 11.2 Å². The highest BCUT2D eigenvalue weighted by molar-refractivity contribution is 9.10. The molecule has 0 unspecified atom stereocenters. The Balaban J connectivity index is 2.19. The normalized spacial score (nSPS) is 10.8. The summed E-state index contributed by atoms with van der Waals surface area (Å²) in [5.74, 6) is 0.550. The monoisotopic (exact) mass is 274 g/mol. The van der Waals surface area contributed by atoms with Crippen LogP contribution in [0.25, 0.3) is 22.7 Å². The predicted octanol–water partition coefficient (Wildman–Crippen LogP) is 3.65. The molecule has 3 nitrogen and oxygen atoms in total. The van der Waals surface area contributed by atoms with Crippen LogP contribution in [0.4, 0.5) is 0 Å². The zero-order valence-corrected chi connectivity index (χ0v) is 9.81. The molecule has 0 atom stereocenters. The summed E-state index contributed by atoms with van der Waals surface area (Å²) in [5.41, 5.74) is 2.34. The van der Waals surface area contributed by atoms with Gasteiger partial charge in [0.2, 0.25) is 5.89 Å². The Bertz CT molecular complexity index is 634. The molecule has 0 aliphatic carbocycles. The molecule has 3 aromatic rings. The second kappa shape index (κ2) is 3.72. The van der Waals surface area contributed by atoms with Gasteiger partial charge in [0.15, 0.2) is 5.58 Å². The van der Waals surface area contributed by atoms with Crippen LogP contribution in [-0.2, 0) is 0 Å². The first kappa shape index (κ1) is 9.54. The Kier molecular flexibility index (Phi) is 2.22. The van der Waals surface area contributed by atoms with Gasteiger partial charge in [0.25, 0.3) is 0 Å². The minimum Gasteiger partial charge on any atom is -0.435 e. The molecule has 0 saturated heterocycles. The summed E-state index contributed by atoms with van der Waals surface area (Å²) in [6.07, 6.45) is 1.72. The van der Waals surface area contributed by atoms with Crippen molar-refractivity contribution in [1.29, 1.82) is 0 Å². The second-order valence-corrected chi connectivity index (χ2v) is 4.26. The van der Waals surface area contributed by atoms with Crippen LogP contribution in [0.5, 0.6) is 0 Å². The van der Waals surface area contributed by atoms with Crippen LogP contribution in [0.2, 0.25) is 0 Å². The molecule has 0 spiro atoms. The fraction of sp³-hybridized carbons (Fsp3) is 0. The fourth-order valence-corrected chi connectivity index (χ4v) is 1.85. The number of hydrogen-bond donors (Lipinski definition) is 0. The smallest absolute Gasteiger partial charge is 0.246 e. The third-order valence-corrected chi connectivity index (χ3v) is 2.73. The Hall–Kier alpha value is -1.68. The molecule has 2 heterocycles. The first-order chi connectivity index (χ1) is 7.83. The van der Waals surface area contributed by atoms with Crippen molar-refractivity contribution < 1.29 is 4.42 Å². The zero-order chi connectivity index (χ0) is 11.0. The largest absolute Gasteiger partial charge is 0.435 e. The molecule has 0 aliphatic rings. The van der Waals surface area contributed by atoms with E-state index in [0.29, 0.717) is 5.89 Å². The number of oxazole rings is 1. The van der Waals surface area contributed by atoms with Crippen molar-refractivity contribution in [3.8, 4) is 11.6 Å². The van der Waals surface area contributed by atoms with Crippen LogP contribution >= 0.6 is 15.9 Å². The van der Waals surface area contributed by atoms with Crippen molar-refractivity contribution in [2.24, 2.45) is 0 Å². The van der Waals surface area contributed by atoms with E-state index in [1.807, 2.05) is 36.4 Å². The molecular weight excluding hydrogens is 268 g/mol. The molecule has 0 N–H and O–H groups in total. The van der Waals surface area contributed by atoms with Gasteiger partial charge in [-0.25, -0.2) is 4.98 Å². The number of fused-ring (bicyclic) bond motifs is 1. The lowest BCUT2D eigenvalue weighted by Gasteiger charge is -1.90. The standard InChI is InChI=1S/C12H7BrN2O/c13-8-4-5-11-10(7-8)15-12(16-11)9-3-1-2-6-14-9/h1-7H. The van der Waals surface area contributed by atoms with Crippen LogP contribution < -0.4 is 0 Å². The molecule has 0 fully saturated rings. The number of benzene rings is 1. The van der Waals surface area contributed by atoms with Crippen molar-refractivity contribution in [2.45, 2.75) is 0 Å². The van der Waals surface area contributed by atoms with Gasteiger partial charge >= 0.3 is 0 Å². The third-order valence-electron chi connectivity index (χ3n) is 2.23. The van der Waals surface area contributed by atoms with E-state index in [0.717, 1.165) is 21.3 Å². The van der Waals surface area contributed by atoms with E-state index in [1.54, 1.807) is 6.20 Å². The molecule has 0 bridgehead atoms. The van der Waals surface area contributed by atoms with E-state index < -0.39 is 0 Å². The van der Waals surface area contributed by atoms with Crippen LogP contribution in [-0.4, -0.2) is 9.97 Å². The highest BCUT2D eigenvalue weighted by Gasteiger charge is 2.08. The fourth-order valence-electron chi connectivity index (χ4n) is 1.50. The average Bonchev–Trinajstić information content (AvgIpc) is 2.73. The van der Waals surface area contributed by atoms with Crippen LogP contribution in [0.15, 0.2) is 51.5 Å². The van der Waals surface area contributed by atoms with Gasteiger partial charge in [-0.05, 0) is 30.3 Å². The van der Waals surface area contributed by atoms with Gasteiger partial charge in [-0.3, -0.25) is 4.98 Å². The molecule has 2 aromatic heterocycles. The van der Waals surface area contributed by atoms with Crippen LogP contribution in [0.1, 0.15) is 0 Å². The zero-order valence-electron chi connectivity index (χ0n) is 8.22. The Morgan fingerprint density at radius 1 is 1.12 bits per heavy atom. The summed E-state index contributed by atoms with van der Waals surface area (Å²) in [5, 5.41) is 0. The van der Waals surface area contributed by atoms with E-state index in [9.17, 15) is 0 Å². The van der Waals surface area contributed by atoms with E-state index in [2.05, 4.69) is 25.9 Å². The maximum absolute atomic E-state index is 5.61. The van der Waals surface area contributed by atoms with E-state index in [-0.39, 0.29) is 0 Å². The Labute approximate surface area is 100 Å². The molecule has 0 amide bonds. The molecule has 3 rings (SSSR count). The summed E-state index contributed by atoms with van der Waals surface area (Å²) in [7, 11) is 0. The molecule has 16 heavy (non-hydrogen) atoms. The first-order valence-corrected chi connectivity index (χ1v) is 5.60. The van der Waals surface area contributed by atoms with Crippen LogP contribution in [0, 0.1) is 0 Å². The third kappa shape index (κ3) is 1.61. The highest BCUT2D eigenvalue weighted by atomic mass is 79.9. The second-order valence-electron chi connectivity index (χ2n) is 3.35. The van der Waals surface area contributed by atoms with Crippen molar-refractivity contribution in [2.75, 3.05) is 0 Å². The van der Waals surface area contributed by atoms with Gasteiger partial charge in [-0.15, -0.1) is 0 Å². The number of pyridine rings is 1. The Morgan fingerprint density at radius 2 is 2.06 bits per heavy atom. The first-order valence-electron chi connectivity index (χ1n) is 4.80. The van der Waals surface area contributed by atoms with Crippen molar-refractivity contribution in [1.82, 2.24) is 9.97 Å². The SMILES string of the molecule is Brc1ccc2oc(-c3ccccn3)nc2c1. The minimum atomic E-state index is 0.550. The molecule has 4 heteroatoms. The number of aromatic nitrogens is 2. The number of nitrogens with zero attached hydrogens (tertiary/aromatic N) is 2.